The molecule has 1 heterocycles. The minimum atomic E-state index is -1.03. The van der Waals surface area contributed by atoms with Crippen molar-refractivity contribution in [3.05, 3.63) is 101 Å². The van der Waals surface area contributed by atoms with Gasteiger partial charge in [0, 0.05) is 5.56 Å². The smallest absolute Gasteiger partial charge is 0.335 e. The van der Waals surface area contributed by atoms with E-state index in [-0.39, 0.29) is 23.6 Å². The van der Waals surface area contributed by atoms with Gasteiger partial charge >= 0.3 is 12.0 Å². The molecule has 0 aliphatic carbocycles. The van der Waals surface area contributed by atoms with Crippen molar-refractivity contribution in [2.45, 2.75) is 6.61 Å². The number of ether oxygens (including phenoxy) is 1. The maximum atomic E-state index is 13.8. The van der Waals surface area contributed by atoms with E-state index in [1.54, 1.807) is 36.4 Å². The minimum absolute atomic E-state index is 0.0550. The van der Waals surface area contributed by atoms with E-state index in [2.05, 4.69) is 10.6 Å². The van der Waals surface area contributed by atoms with E-state index in [1.807, 2.05) is 0 Å². The van der Waals surface area contributed by atoms with Gasteiger partial charge in [0.1, 0.15) is 30.4 Å². The van der Waals surface area contributed by atoms with Crippen molar-refractivity contribution in [2.24, 2.45) is 0 Å². The number of hydrogen-bond acceptors (Lipinski definition) is 5. The number of para-hydroxylation sites is 2. The predicted molar refractivity (Wildman–Crippen MR) is 127 cm³/mol. The maximum Gasteiger partial charge on any atom is 0.335 e. The number of rotatable bonds is 8. The lowest BCUT2D eigenvalue weighted by molar-refractivity contribution is -0.127. The molecule has 182 valence electrons. The Balaban J connectivity index is 1.44. The molecule has 3 aromatic rings. The van der Waals surface area contributed by atoms with Crippen molar-refractivity contribution in [1.82, 2.24) is 10.2 Å². The summed E-state index contributed by atoms with van der Waals surface area (Å²) in [5.41, 5.74) is 1.28. The van der Waals surface area contributed by atoms with Crippen LogP contribution in [0.1, 0.15) is 21.5 Å². The largest absolute Gasteiger partial charge is 0.488 e. The molecule has 4 rings (SSSR count). The van der Waals surface area contributed by atoms with Crippen LogP contribution in [-0.2, 0) is 16.2 Å². The van der Waals surface area contributed by atoms with Gasteiger partial charge < -0.3 is 20.5 Å². The van der Waals surface area contributed by atoms with Crippen LogP contribution in [-0.4, -0.2) is 40.4 Å². The molecular weight excluding hydrogens is 469 g/mol. The van der Waals surface area contributed by atoms with Gasteiger partial charge in [0.15, 0.2) is 0 Å². The third kappa shape index (κ3) is 5.55. The molecule has 0 spiro atoms. The summed E-state index contributed by atoms with van der Waals surface area (Å²) < 4.78 is 19.6. The van der Waals surface area contributed by atoms with Crippen LogP contribution in [0.5, 0.6) is 5.75 Å². The van der Waals surface area contributed by atoms with Crippen LogP contribution in [0.4, 0.5) is 14.9 Å². The van der Waals surface area contributed by atoms with Gasteiger partial charge in [-0.2, -0.15) is 0 Å². The van der Waals surface area contributed by atoms with E-state index in [0.717, 1.165) is 10.5 Å². The molecule has 1 saturated heterocycles. The number of halogens is 1. The molecule has 0 unspecified atom stereocenters. The Labute approximate surface area is 204 Å². The van der Waals surface area contributed by atoms with E-state index in [9.17, 15) is 23.6 Å². The predicted octanol–water partition coefficient (Wildman–Crippen LogP) is 3.63. The van der Waals surface area contributed by atoms with Gasteiger partial charge in [-0.15, -0.1) is 0 Å². The number of nitrogens with one attached hydrogen (secondary N) is 2. The fraction of sp³-hybridized carbons (Fsp3) is 0.0769. The summed E-state index contributed by atoms with van der Waals surface area (Å²) in [7, 11) is 0. The van der Waals surface area contributed by atoms with Crippen molar-refractivity contribution in [3.63, 3.8) is 0 Å². The molecule has 1 fully saturated rings. The molecule has 10 heteroatoms. The van der Waals surface area contributed by atoms with Gasteiger partial charge in [-0.25, -0.2) is 18.9 Å². The Kier molecular flexibility index (Phi) is 7.05. The quantitative estimate of drug-likeness (QED) is 0.328. The number of anilines is 1. The van der Waals surface area contributed by atoms with E-state index in [4.69, 9.17) is 9.84 Å². The minimum Gasteiger partial charge on any atom is -0.488 e. The first-order chi connectivity index (χ1) is 17.3. The Morgan fingerprint density at radius 1 is 1.00 bits per heavy atom. The van der Waals surface area contributed by atoms with Crippen molar-refractivity contribution in [3.8, 4) is 5.75 Å². The molecule has 1 aliphatic heterocycles. The zero-order valence-corrected chi connectivity index (χ0v) is 18.7. The fourth-order valence-electron chi connectivity index (χ4n) is 3.40. The molecule has 36 heavy (non-hydrogen) atoms. The molecule has 3 aromatic carbocycles. The fourth-order valence-corrected chi connectivity index (χ4v) is 3.40. The van der Waals surface area contributed by atoms with E-state index in [1.165, 1.54) is 42.5 Å². The van der Waals surface area contributed by atoms with Crippen LogP contribution in [0.15, 0.2) is 78.5 Å². The number of aromatic carboxylic acids is 1. The number of benzene rings is 3. The number of urea groups is 1. The van der Waals surface area contributed by atoms with Gasteiger partial charge in [0.05, 0.1) is 11.3 Å². The Hall–Kier alpha value is -4.99. The first-order valence-electron chi connectivity index (χ1n) is 10.7. The number of carbonyl (C=O) groups is 4. The van der Waals surface area contributed by atoms with E-state index < -0.39 is 36.2 Å². The van der Waals surface area contributed by atoms with Gasteiger partial charge in [-0.1, -0.05) is 42.5 Å². The number of imide groups is 1. The van der Waals surface area contributed by atoms with Crippen LogP contribution in [0.2, 0.25) is 0 Å². The number of carbonyl (C=O) groups excluding carboxylic acids is 3. The molecule has 0 aromatic heterocycles. The first-order valence-corrected chi connectivity index (χ1v) is 10.7. The van der Waals surface area contributed by atoms with Gasteiger partial charge in [-0.3, -0.25) is 9.59 Å². The molecule has 3 N–H and O–H groups in total. The molecule has 1 aliphatic rings. The maximum absolute atomic E-state index is 13.8. The number of hydrogen-bond donors (Lipinski definition) is 3. The Morgan fingerprint density at radius 2 is 1.69 bits per heavy atom. The lowest BCUT2D eigenvalue weighted by Gasteiger charge is -2.12. The summed E-state index contributed by atoms with van der Waals surface area (Å²) in [6.45, 7) is -0.455. The molecule has 0 bridgehead atoms. The lowest BCUT2D eigenvalue weighted by atomic mass is 10.1. The number of amides is 4. The van der Waals surface area contributed by atoms with Crippen LogP contribution >= 0.6 is 0 Å². The van der Waals surface area contributed by atoms with Crippen LogP contribution in [0.3, 0.4) is 0 Å². The SMILES string of the molecule is O=C(CN1C(=O)N/C(=C/c2ccccc2OCc2ccc(C(=O)O)cc2)C1=O)Nc1ccccc1F. The first kappa shape index (κ1) is 24.1. The molecule has 9 nitrogen and oxygen atoms in total. The second-order valence-corrected chi connectivity index (χ2v) is 7.74. The summed E-state index contributed by atoms with van der Waals surface area (Å²) in [5.74, 6) is -2.70. The van der Waals surface area contributed by atoms with Crippen LogP contribution in [0.25, 0.3) is 6.08 Å². The zero-order chi connectivity index (χ0) is 25.7. The average Bonchev–Trinajstić information content (AvgIpc) is 3.12. The Bertz CT molecular complexity index is 1370. The third-order valence-corrected chi connectivity index (χ3v) is 5.23. The number of carboxylic acid groups (broad SMARTS) is 1. The summed E-state index contributed by atoms with van der Waals surface area (Å²) >= 11 is 0. The van der Waals surface area contributed by atoms with E-state index in [0.29, 0.717) is 11.3 Å². The summed E-state index contributed by atoms with van der Waals surface area (Å²) in [6.07, 6.45) is 1.43. The highest BCUT2D eigenvalue weighted by Gasteiger charge is 2.35. The van der Waals surface area contributed by atoms with E-state index >= 15 is 0 Å². The van der Waals surface area contributed by atoms with Gasteiger partial charge in [-0.05, 0) is 42.0 Å². The van der Waals surface area contributed by atoms with Gasteiger partial charge in [0.25, 0.3) is 5.91 Å². The van der Waals surface area contributed by atoms with Crippen LogP contribution < -0.4 is 15.4 Å². The lowest BCUT2D eigenvalue weighted by Crippen LogP contribution is -2.38. The second-order valence-electron chi connectivity index (χ2n) is 7.74. The second kappa shape index (κ2) is 10.5. The van der Waals surface area contributed by atoms with Crippen LogP contribution in [0, 0.1) is 5.82 Å². The molecular formula is C26H20FN3O6. The summed E-state index contributed by atoms with van der Waals surface area (Å²) in [6, 6.07) is 17.8. The van der Waals surface area contributed by atoms with Gasteiger partial charge in [0.2, 0.25) is 5.91 Å². The highest BCUT2D eigenvalue weighted by atomic mass is 19.1. The van der Waals surface area contributed by atoms with Crippen molar-refractivity contribution in [1.29, 1.82) is 0 Å². The molecule has 4 amide bonds. The molecule has 0 atom stereocenters. The topological polar surface area (TPSA) is 125 Å². The molecule has 0 radical (unpaired) electrons. The van der Waals surface area contributed by atoms with Crippen molar-refractivity contribution in [2.75, 3.05) is 11.9 Å². The third-order valence-electron chi connectivity index (χ3n) is 5.23. The Morgan fingerprint density at radius 3 is 2.42 bits per heavy atom. The number of nitrogens with zero attached hydrogens (tertiary/aromatic N) is 1. The summed E-state index contributed by atoms with van der Waals surface area (Å²) in [5, 5.41) is 13.8. The normalized spacial score (nSPS) is 14.0. The average molecular weight is 489 g/mol. The summed E-state index contributed by atoms with van der Waals surface area (Å²) in [4.78, 5) is 49.1. The molecule has 0 saturated carbocycles. The highest BCUT2D eigenvalue weighted by Crippen LogP contribution is 2.24. The monoisotopic (exact) mass is 489 g/mol. The van der Waals surface area contributed by atoms with Crippen molar-refractivity contribution >= 4 is 35.6 Å². The number of carboxylic acids is 1. The zero-order valence-electron chi connectivity index (χ0n) is 18.7. The van der Waals surface area contributed by atoms with Crippen molar-refractivity contribution < 1.29 is 33.4 Å². The standard InChI is InChI=1S/C26H20FN3O6/c27-19-6-2-3-7-20(19)28-23(31)14-30-24(32)21(29-26(30)35)13-18-5-1-4-8-22(18)36-15-16-9-11-17(12-10-16)25(33)34/h1-13H,14-15H2,(H,28,31)(H,29,35)(H,33,34)/b21-13+. The highest BCUT2D eigenvalue weighted by molar-refractivity contribution is 6.16.